The van der Waals surface area contributed by atoms with Gasteiger partial charge in [-0.15, -0.1) is 0 Å². The van der Waals surface area contributed by atoms with Crippen molar-refractivity contribution in [2.75, 3.05) is 25.2 Å². The number of nitrogens with one attached hydrogen (secondary N) is 1. The van der Waals surface area contributed by atoms with Gasteiger partial charge >= 0.3 is 5.69 Å². The third-order valence-electron chi connectivity index (χ3n) is 7.56. The van der Waals surface area contributed by atoms with Crippen LogP contribution in [0.1, 0.15) is 67.9 Å². The molecule has 0 radical (unpaired) electrons. The van der Waals surface area contributed by atoms with E-state index in [2.05, 4.69) is 9.97 Å². The molecule has 1 amide bonds. The number of fused-ring (bicyclic) bond motifs is 1. The van der Waals surface area contributed by atoms with Crippen LogP contribution in [0.5, 0.6) is 0 Å². The maximum absolute atomic E-state index is 13.5. The summed E-state index contributed by atoms with van der Waals surface area (Å²) in [5, 5.41) is 4.79. The van der Waals surface area contributed by atoms with Gasteiger partial charge in [-0.3, -0.25) is 23.6 Å². The number of aromatic amines is 1. The van der Waals surface area contributed by atoms with E-state index in [-0.39, 0.29) is 47.9 Å². The van der Waals surface area contributed by atoms with Crippen LogP contribution in [0.2, 0.25) is 0 Å². The van der Waals surface area contributed by atoms with E-state index in [1.54, 1.807) is 22.4 Å². The predicted molar refractivity (Wildman–Crippen MR) is 145 cm³/mol. The standard InChI is InChI=1S/C27H31FN8O4/c1-3-11-34-26(38)22-24(35(27(34)39)17-5-4-6-17)31-23(30-22)19-14-21(36(32-19)18-8-9-18)33(12-13-40-2)25(37)16-7-10-20(28)29-15-16/h7,10,14-15,17-18H,3-6,8-9,11-13H2,1-2H3,(H,30,31). The lowest BCUT2D eigenvalue weighted by atomic mass is 9.93. The average Bonchev–Trinajstić information content (AvgIpc) is 3.52. The molecule has 4 heterocycles. The Morgan fingerprint density at radius 1 is 1.20 bits per heavy atom. The molecule has 2 saturated carbocycles. The molecule has 13 heteroatoms. The van der Waals surface area contributed by atoms with E-state index in [9.17, 15) is 18.8 Å². The lowest BCUT2D eigenvalue weighted by Gasteiger charge is -2.28. The number of ether oxygens (including phenoxy) is 1. The van der Waals surface area contributed by atoms with Gasteiger partial charge in [0.25, 0.3) is 11.5 Å². The minimum atomic E-state index is -0.673. The largest absolute Gasteiger partial charge is 0.383 e. The highest BCUT2D eigenvalue weighted by Crippen LogP contribution is 2.40. The number of anilines is 1. The molecule has 12 nitrogen and oxygen atoms in total. The number of amides is 1. The van der Waals surface area contributed by atoms with Crippen LogP contribution >= 0.6 is 0 Å². The second-order valence-electron chi connectivity index (χ2n) is 10.4. The fourth-order valence-corrected chi connectivity index (χ4v) is 5.10. The zero-order valence-electron chi connectivity index (χ0n) is 22.5. The Hall–Kier alpha value is -4.13. The first-order valence-corrected chi connectivity index (χ1v) is 13.7. The van der Waals surface area contributed by atoms with Crippen molar-refractivity contribution in [3.05, 3.63) is 56.7 Å². The Kier molecular flexibility index (Phi) is 6.82. The molecule has 40 heavy (non-hydrogen) atoms. The fraction of sp³-hybridized carbons (Fsp3) is 0.481. The van der Waals surface area contributed by atoms with Crippen LogP contribution in [-0.2, 0) is 11.3 Å². The van der Waals surface area contributed by atoms with Gasteiger partial charge in [-0.1, -0.05) is 6.92 Å². The van der Waals surface area contributed by atoms with Gasteiger partial charge in [0.05, 0.1) is 24.8 Å². The number of H-pyrrole nitrogens is 1. The number of methoxy groups -OCH3 is 1. The number of aromatic nitrogens is 7. The van der Waals surface area contributed by atoms with Gasteiger partial charge in [0, 0.05) is 32.0 Å². The summed E-state index contributed by atoms with van der Waals surface area (Å²) in [5.41, 5.74) is 0.526. The molecule has 1 N–H and O–H groups in total. The Morgan fingerprint density at radius 3 is 2.62 bits per heavy atom. The first-order chi connectivity index (χ1) is 19.4. The molecular formula is C27H31FN8O4. The van der Waals surface area contributed by atoms with E-state index < -0.39 is 11.5 Å². The SMILES string of the molecule is CCCn1c(=O)c2[nH]c(-c3cc(N(CCOC)C(=O)c4ccc(F)nc4)n(C4CC4)n3)nc2n(C2CCC2)c1=O. The van der Waals surface area contributed by atoms with Crippen molar-refractivity contribution in [2.45, 2.75) is 64.1 Å². The van der Waals surface area contributed by atoms with Crippen molar-refractivity contribution in [2.24, 2.45) is 0 Å². The van der Waals surface area contributed by atoms with Crippen LogP contribution in [0.3, 0.4) is 0 Å². The number of carbonyl (C=O) groups is 1. The number of halogens is 1. The van der Waals surface area contributed by atoms with Gasteiger partial charge in [0.1, 0.15) is 17.0 Å². The first-order valence-electron chi connectivity index (χ1n) is 13.7. The Bertz CT molecular complexity index is 1680. The summed E-state index contributed by atoms with van der Waals surface area (Å²) >= 11 is 0. The topological polar surface area (TPSA) is 133 Å². The second-order valence-corrected chi connectivity index (χ2v) is 10.4. The summed E-state index contributed by atoms with van der Waals surface area (Å²) in [6, 6.07) is 4.39. The first kappa shape index (κ1) is 26.1. The zero-order chi connectivity index (χ0) is 28.0. The summed E-state index contributed by atoms with van der Waals surface area (Å²) in [6.07, 6.45) is 6.40. The van der Waals surface area contributed by atoms with Crippen LogP contribution < -0.4 is 16.1 Å². The molecule has 0 bridgehead atoms. The van der Waals surface area contributed by atoms with E-state index in [4.69, 9.17) is 14.8 Å². The van der Waals surface area contributed by atoms with Crippen molar-refractivity contribution in [1.29, 1.82) is 0 Å². The molecule has 0 spiro atoms. The molecule has 6 rings (SSSR count). The molecule has 4 aromatic rings. The molecule has 2 fully saturated rings. The number of imidazole rings is 1. The number of pyridine rings is 1. The quantitative estimate of drug-likeness (QED) is 0.300. The maximum atomic E-state index is 13.5. The van der Waals surface area contributed by atoms with E-state index >= 15 is 0 Å². The summed E-state index contributed by atoms with van der Waals surface area (Å²) in [4.78, 5) is 53.2. The van der Waals surface area contributed by atoms with Crippen molar-refractivity contribution in [1.82, 2.24) is 33.9 Å². The Labute approximate surface area is 228 Å². The number of carbonyl (C=O) groups excluding carboxylic acids is 1. The van der Waals surface area contributed by atoms with Crippen molar-refractivity contribution >= 4 is 22.9 Å². The third-order valence-corrected chi connectivity index (χ3v) is 7.56. The molecule has 0 aliphatic heterocycles. The zero-order valence-corrected chi connectivity index (χ0v) is 22.5. The van der Waals surface area contributed by atoms with Crippen molar-refractivity contribution in [3.8, 4) is 11.5 Å². The number of hydrogen-bond donors (Lipinski definition) is 1. The minimum Gasteiger partial charge on any atom is -0.383 e. The number of hydrogen-bond acceptors (Lipinski definition) is 7. The van der Waals surface area contributed by atoms with Gasteiger partial charge in [0.15, 0.2) is 11.5 Å². The van der Waals surface area contributed by atoms with E-state index in [0.29, 0.717) is 35.9 Å². The number of nitrogens with zero attached hydrogens (tertiary/aromatic N) is 7. The van der Waals surface area contributed by atoms with E-state index in [1.807, 2.05) is 6.92 Å². The summed E-state index contributed by atoms with van der Waals surface area (Å²) in [6.45, 7) is 2.74. The Balaban J connectivity index is 1.47. The molecule has 0 unspecified atom stereocenters. The molecule has 4 aromatic heterocycles. The monoisotopic (exact) mass is 550 g/mol. The summed E-state index contributed by atoms with van der Waals surface area (Å²) in [5.74, 6) is -0.168. The van der Waals surface area contributed by atoms with Crippen LogP contribution in [0, 0.1) is 5.95 Å². The lowest BCUT2D eigenvalue weighted by molar-refractivity contribution is 0.0973. The molecular weight excluding hydrogens is 519 g/mol. The smallest absolute Gasteiger partial charge is 0.332 e. The molecule has 2 aliphatic rings. The predicted octanol–water partition coefficient (Wildman–Crippen LogP) is 3.05. The van der Waals surface area contributed by atoms with Gasteiger partial charge in [0.2, 0.25) is 5.95 Å². The maximum Gasteiger partial charge on any atom is 0.332 e. The van der Waals surface area contributed by atoms with Crippen LogP contribution in [-0.4, -0.2) is 60.0 Å². The minimum absolute atomic E-state index is 0.000846. The molecule has 0 aromatic carbocycles. The average molecular weight is 551 g/mol. The second kappa shape index (κ2) is 10.5. The molecule has 2 aliphatic carbocycles. The summed E-state index contributed by atoms with van der Waals surface area (Å²) < 4.78 is 23.4. The fourth-order valence-electron chi connectivity index (χ4n) is 5.10. The van der Waals surface area contributed by atoms with Crippen molar-refractivity contribution < 1.29 is 13.9 Å². The van der Waals surface area contributed by atoms with Crippen LogP contribution in [0.4, 0.5) is 10.2 Å². The van der Waals surface area contributed by atoms with Gasteiger partial charge in [-0.25, -0.2) is 19.4 Å². The summed E-state index contributed by atoms with van der Waals surface area (Å²) in [7, 11) is 1.55. The highest BCUT2D eigenvalue weighted by Gasteiger charge is 2.33. The highest BCUT2D eigenvalue weighted by molar-refractivity contribution is 6.05. The normalized spacial score (nSPS) is 15.5. The van der Waals surface area contributed by atoms with Crippen LogP contribution in [0.15, 0.2) is 34.0 Å². The number of rotatable bonds is 10. The lowest BCUT2D eigenvalue weighted by Crippen LogP contribution is -2.42. The van der Waals surface area contributed by atoms with Crippen LogP contribution in [0.25, 0.3) is 22.7 Å². The van der Waals surface area contributed by atoms with Gasteiger partial charge < -0.3 is 9.72 Å². The van der Waals surface area contributed by atoms with Crippen molar-refractivity contribution in [3.63, 3.8) is 0 Å². The van der Waals surface area contributed by atoms with E-state index in [0.717, 1.165) is 38.2 Å². The highest BCUT2D eigenvalue weighted by atomic mass is 19.1. The van der Waals surface area contributed by atoms with Gasteiger partial charge in [-0.2, -0.15) is 9.49 Å². The molecule has 210 valence electrons. The molecule has 0 atom stereocenters. The van der Waals surface area contributed by atoms with E-state index in [1.165, 1.54) is 21.7 Å². The third kappa shape index (κ3) is 4.53. The van der Waals surface area contributed by atoms with Gasteiger partial charge in [-0.05, 0) is 50.7 Å². The Morgan fingerprint density at radius 2 is 2.00 bits per heavy atom. The molecule has 0 saturated heterocycles.